The van der Waals surface area contributed by atoms with Crippen LogP contribution in [0.25, 0.3) is 22.0 Å². The maximum absolute atomic E-state index is 13.3. The maximum Gasteiger partial charge on any atom is 0.253 e. The molecule has 4 aromatic rings. The highest BCUT2D eigenvalue weighted by molar-refractivity contribution is 6.05. The third-order valence-electron chi connectivity index (χ3n) is 6.60. The zero-order valence-electron chi connectivity index (χ0n) is 21.6. The first-order chi connectivity index (χ1) is 17.3. The number of pyridine rings is 1. The van der Waals surface area contributed by atoms with Gasteiger partial charge in [0.1, 0.15) is 0 Å². The Morgan fingerprint density at radius 3 is 2.56 bits per heavy atom. The smallest absolute Gasteiger partial charge is 0.253 e. The summed E-state index contributed by atoms with van der Waals surface area (Å²) < 4.78 is 0. The molecule has 36 heavy (non-hydrogen) atoms. The number of likely N-dealkylation sites (N-methyl/N-ethyl adjacent to an activating group) is 2. The third kappa shape index (κ3) is 5.40. The van der Waals surface area contributed by atoms with E-state index in [0.717, 1.165) is 58.5 Å². The molecule has 8 heteroatoms. The first kappa shape index (κ1) is 25.3. The summed E-state index contributed by atoms with van der Waals surface area (Å²) in [6.07, 6.45) is 1.87. The molecule has 2 aromatic heterocycles. The molecule has 0 fully saturated rings. The van der Waals surface area contributed by atoms with Gasteiger partial charge in [-0.25, -0.2) is 0 Å². The number of amides is 1. The Balaban J connectivity index is 1.61. The SMILES string of the molecule is CNCCN(C)Cc1ccc(-c2cc(C(=O)NCc3c(C)cc(C)[nH]c3=O)c(C)c3n[nH]cc23)cc1. The topological polar surface area (TPSA) is 106 Å². The number of hydrogen-bond acceptors (Lipinski definition) is 5. The van der Waals surface area contributed by atoms with Gasteiger partial charge in [0, 0.05) is 54.6 Å². The predicted molar refractivity (Wildman–Crippen MR) is 144 cm³/mol. The molecule has 188 valence electrons. The highest BCUT2D eigenvalue weighted by Gasteiger charge is 2.18. The molecular formula is C28H34N6O2. The van der Waals surface area contributed by atoms with Crippen molar-refractivity contribution in [1.82, 2.24) is 30.7 Å². The summed E-state index contributed by atoms with van der Waals surface area (Å²) in [6.45, 7) is 8.55. The summed E-state index contributed by atoms with van der Waals surface area (Å²) in [5.74, 6) is -0.235. The molecule has 1 amide bonds. The molecule has 0 spiro atoms. The predicted octanol–water partition coefficient (Wildman–Crippen LogP) is 3.42. The van der Waals surface area contributed by atoms with Gasteiger partial charge in [0.15, 0.2) is 0 Å². The van der Waals surface area contributed by atoms with Crippen LogP contribution < -0.4 is 16.2 Å². The summed E-state index contributed by atoms with van der Waals surface area (Å²) in [5.41, 5.74) is 7.32. The number of aromatic amines is 2. The van der Waals surface area contributed by atoms with Gasteiger partial charge in [-0.05, 0) is 74.8 Å². The average Bonchev–Trinajstić information content (AvgIpc) is 3.33. The van der Waals surface area contributed by atoms with Crippen molar-refractivity contribution in [2.45, 2.75) is 33.9 Å². The monoisotopic (exact) mass is 486 g/mol. The molecule has 0 radical (unpaired) electrons. The quantitative estimate of drug-likeness (QED) is 0.290. The van der Waals surface area contributed by atoms with Crippen molar-refractivity contribution in [1.29, 1.82) is 0 Å². The second-order valence-electron chi connectivity index (χ2n) is 9.41. The number of aryl methyl sites for hydroxylation is 3. The molecule has 0 saturated carbocycles. The Morgan fingerprint density at radius 2 is 1.86 bits per heavy atom. The lowest BCUT2D eigenvalue weighted by molar-refractivity contribution is 0.0950. The molecule has 0 aliphatic rings. The summed E-state index contributed by atoms with van der Waals surface area (Å²) in [7, 11) is 4.07. The Hall–Kier alpha value is -3.75. The minimum atomic E-state index is -0.235. The number of aromatic nitrogens is 3. The fourth-order valence-electron chi connectivity index (χ4n) is 4.56. The number of nitrogens with one attached hydrogen (secondary N) is 4. The Morgan fingerprint density at radius 1 is 1.11 bits per heavy atom. The molecule has 4 rings (SSSR count). The lowest BCUT2D eigenvalue weighted by Crippen LogP contribution is -2.28. The van der Waals surface area contributed by atoms with Crippen LogP contribution in [0.3, 0.4) is 0 Å². The van der Waals surface area contributed by atoms with Crippen LogP contribution in [-0.4, -0.2) is 53.2 Å². The second-order valence-corrected chi connectivity index (χ2v) is 9.41. The van der Waals surface area contributed by atoms with E-state index in [1.165, 1.54) is 5.56 Å². The summed E-state index contributed by atoms with van der Waals surface area (Å²) in [6, 6.07) is 12.3. The second kappa shape index (κ2) is 10.9. The first-order valence-electron chi connectivity index (χ1n) is 12.2. The Bertz CT molecular complexity index is 1440. The van der Waals surface area contributed by atoms with Gasteiger partial charge >= 0.3 is 0 Å². The molecule has 0 aliphatic heterocycles. The largest absolute Gasteiger partial charge is 0.348 e. The Labute approximate surface area is 211 Å². The van der Waals surface area contributed by atoms with Crippen LogP contribution in [0.1, 0.15) is 38.3 Å². The van der Waals surface area contributed by atoms with Gasteiger partial charge in [0.05, 0.1) is 5.52 Å². The number of carbonyl (C=O) groups excluding carboxylic acids is 1. The minimum absolute atomic E-state index is 0.156. The summed E-state index contributed by atoms with van der Waals surface area (Å²) in [4.78, 5) is 30.7. The minimum Gasteiger partial charge on any atom is -0.348 e. The average molecular weight is 487 g/mol. The number of benzene rings is 2. The lowest BCUT2D eigenvalue weighted by atomic mass is 9.94. The molecule has 0 unspecified atom stereocenters. The molecule has 0 saturated heterocycles. The molecule has 8 nitrogen and oxygen atoms in total. The van der Waals surface area contributed by atoms with Gasteiger partial charge in [-0.3, -0.25) is 14.7 Å². The van der Waals surface area contributed by atoms with Crippen LogP contribution in [0.4, 0.5) is 0 Å². The molecule has 0 aliphatic carbocycles. The Kier molecular flexibility index (Phi) is 7.67. The van der Waals surface area contributed by atoms with Crippen LogP contribution in [0, 0.1) is 20.8 Å². The number of fused-ring (bicyclic) bond motifs is 1. The zero-order chi connectivity index (χ0) is 25.8. The van der Waals surface area contributed by atoms with E-state index in [4.69, 9.17) is 0 Å². The van der Waals surface area contributed by atoms with Crippen molar-refractivity contribution in [3.05, 3.63) is 86.5 Å². The van der Waals surface area contributed by atoms with Crippen LogP contribution in [0.15, 0.2) is 47.4 Å². The summed E-state index contributed by atoms with van der Waals surface area (Å²) in [5, 5.41) is 14.4. The fourth-order valence-corrected chi connectivity index (χ4v) is 4.56. The third-order valence-corrected chi connectivity index (χ3v) is 6.60. The van der Waals surface area contributed by atoms with E-state index in [9.17, 15) is 9.59 Å². The van der Waals surface area contributed by atoms with Gasteiger partial charge in [-0.2, -0.15) is 5.10 Å². The number of carbonyl (C=O) groups is 1. The van der Waals surface area contributed by atoms with Gasteiger partial charge < -0.3 is 20.5 Å². The molecule has 2 aromatic carbocycles. The highest BCUT2D eigenvalue weighted by Crippen LogP contribution is 2.32. The van der Waals surface area contributed by atoms with E-state index >= 15 is 0 Å². The first-order valence-corrected chi connectivity index (χ1v) is 12.2. The van der Waals surface area contributed by atoms with Crippen molar-refractivity contribution >= 4 is 16.8 Å². The maximum atomic E-state index is 13.3. The standard InChI is InChI=1S/C28H34N6O2/c1-17-12-18(2)32-28(36)24(17)14-30-27(35)22-13-23(25-15-31-33-26(25)19(22)3)21-8-6-20(7-9-21)16-34(5)11-10-29-4/h6-9,12-13,15,29H,10-11,14,16H2,1-5H3,(H,30,35)(H,31,33)(H,32,36). The van der Waals surface area contributed by atoms with Crippen molar-refractivity contribution in [2.75, 3.05) is 27.2 Å². The molecule has 2 heterocycles. The molecule has 0 bridgehead atoms. The number of nitrogens with zero attached hydrogens (tertiary/aromatic N) is 2. The molecule has 0 atom stereocenters. The number of hydrogen-bond donors (Lipinski definition) is 4. The highest BCUT2D eigenvalue weighted by atomic mass is 16.1. The number of H-pyrrole nitrogens is 2. The van der Waals surface area contributed by atoms with Crippen molar-refractivity contribution in [3.63, 3.8) is 0 Å². The van der Waals surface area contributed by atoms with E-state index in [0.29, 0.717) is 11.1 Å². The van der Waals surface area contributed by atoms with Gasteiger partial charge in [0.2, 0.25) is 0 Å². The van der Waals surface area contributed by atoms with Crippen LogP contribution in [-0.2, 0) is 13.1 Å². The van der Waals surface area contributed by atoms with E-state index in [-0.39, 0.29) is 18.0 Å². The van der Waals surface area contributed by atoms with Crippen molar-refractivity contribution < 1.29 is 4.79 Å². The van der Waals surface area contributed by atoms with E-state index in [1.807, 2.05) is 46.1 Å². The van der Waals surface area contributed by atoms with Gasteiger partial charge in [0.25, 0.3) is 11.5 Å². The van der Waals surface area contributed by atoms with E-state index in [1.54, 1.807) is 0 Å². The van der Waals surface area contributed by atoms with E-state index in [2.05, 4.69) is 62.0 Å². The summed E-state index contributed by atoms with van der Waals surface area (Å²) >= 11 is 0. The fraction of sp³-hybridized carbons (Fsp3) is 0.321. The van der Waals surface area contributed by atoms with Crippen LogP contribution >= 0.6 is 0 Å². The van der Waals surface area contributed by atoms with Crippen molar-refractivity contribution in [2.24, 2.45) is 0 Å². The van der Waals surface area contributed by atoms with Crippen LogP contribution in [0.5, 0.6) is 0 Å². The number of rotatable bonds is 9. The normalized spacial score (nSPS) is 11.4. The van der Waals surface area contributed by atoms with Crippen molar-refractivity contribution in [3.8, 4) is 11.1 Å². The van der Waals surface area contributed by atoms with E-state index < -0.39 is 0 Å². The molecular weight excluding hydrogens is 452 g/mol. The van der Waals surface area contributed by atoms with Crippen LogP contribution in [0.2, 0.25) is 0 Å². The van der Waals surface area contributed by atoms with Gasteiger partial charge in [-0.15, -0.1) is 0 Å². The van der Waals surface area contributed by atoms with Gasteiger partial charge in [-0.1, -0.05) is 24.3 Å². The molecule has 4 N–H and O–H groups in total. The zero-order valence-corrected chi connectivity index (χ0v) is 21.6. The lowest BCUT2D eigenvalue weighted by Gasteiger charge is -2.17.